The van der Waals surface area contributed by atoms with Crippen molar-refractivity contribution in [2.75, 3.05) is 18.1 Å². The SMILES string of the molecule is CCOC(=O)c1ncnc(N2CCc3cc(C(F)(F)F)ccc3C2)c1C. The summed E-state index contributed by atoms with van der Waals surface area (Å²) >= 11 is 0. The summed E-state index contributed by atoms with van der Waals surface area (Å²) < 4.78 is 43.6. The van der Waals surface area contributed by atoms with Crippen molar-refractivity contribution in [1.82, 2.24) is 9.97 Å². The van der Waals surface area contributed by atoms with Gasteiger partial charge in [-0.25, -0.2) is 14.8 Å². The molecule has 0 saturated heterocycles. The molecule has 8 heteroatoms. The normalized spacial score (nSPS) is 14.1. The van der Waals surface area contributed by atoms with Crippen molar-refractivity contribution in [2.24, 2.45) is 0 Å². The van der Waals surface area contributed by atoms with E-state index < -0.39 is 17.7 Å². The zero-order valence-electron chi connectivity index (χ0n) is 14.4. The van der Waals surface area contributed by atoms with Crippen molar-refractivity contribution in [3.8, 4) is 0 Å². The minimum atomic E-state index is -4.34. The molecule has 0 amide bonds. The number of rotatable bonds is 3. The Hall–Kier alpha value is -2.64. The van der Waals surface area contributed by atoms with Crippen LogP contribution in [0.4, 0.5) is 19.0 Å². The number of fused-ring (bicyclic) bond motifs is 1. The van der Waals surface area contributed by atoms with Gasteiger partial charge in [-0.2, -0.15) is 13.2 Å². The second-order valence-electron chi connectivity index (χ2n) is 6.04. The molecule has 0 N–H and O–H groups in total. The molecule has 1 aromatic carbocycles. The third-order valence-corrected chi connectivity index (χ3v) is 4.37. The highest BCUT2D eigenvalue weighted by Crippen LogP contribution is 2.33. The second kappa shape index (κ2) is 6.93. The van der Waals surface area contributed by atoms with Crippen molar-refractivity contribution in [3.63, 3.8) is 0 Å². The zero-order valence-corrected chi connectivity index (χ0v) is 14.4. The van der Waals surface area contributed by atoms with Crippen LogP contribution in [0.15, 0.2) is 24.5 Å². The van der Waals surface area contributed by atoms with E-state index in [0.29, 0.717) is 36.5 Å². The van der Waals surface area contributed by atoms with E-state index in [-0.39, 0.29) is 12.3 Å². The van der Waals surface area contributed by atoms with Gasteiger partial charge in [0.25, 0.3) is 0 Å². The lowest BCUT2D eigenvalue weighted by molar-refractivity contribution is -0.137. The summed E-state index contributed by atoms with van der Waals surface area (Å²) in [6.07, 6.45) is -2.57. The van der Waals surface area contributed by atoms with E-state index in [4.69, 9.17) is 4.74 Å². The van der Waals surface area contributed by atoms with E-state index in [0.717, 1.165) is 11.6 Å². The Morgan fingerprint density at radius 1 is 1.27 bits per heavy atom. The van der Waals surface area contributed by atoms with E-state index in [2.05, 4.69) is 9.97 Å². The number of benzene rings is 1. The van der Waals surface area contributed by atoms with Crippen molar-refractivity contribution in [1.29, 1.82) is 0 Å². The van der Waals surface area contributed by atoms with Crippen LogP contribution in [0, 0.1) is 6.92 Å². The first-order valence-corrected chi connectivity index (χ1v) is 8.24. The van der Waals surface area contributed by atoms with Gasteiger partial charge in [0.1, 0.15) is 12.1 Å². The van der Waals surface area contributed by atoms with Crippen LogP contribution < -0.4 is 4.90 Å². The number of anilines is 1. The molecular weight excluding hydrogens is 347 g/mol. The van der Waals surface area contributed by atoms with Gasteiger partial charge >= 0.3 is 12.1 Å². The average Bonchev–Trinajstić information content (AvgIpc) is 2.60. The third kappa shape index (κ3) is 3.49. The molecule has 2 heterocycles. The fraction of sp³-hybridized carbons (Fsp3) is 0.389. The van der Waals surface area contributed by atoms with Crippen LogP contribution in [0.25, 0.3) is 0 Å². The Morgan fingerprint density at radius 2 is 2.04 bits per heavy atom. The minimum Gasteiger partial charge on any atom is -0.461 e. The molecule has 0 bridgehead atoms. The number of alkyl halides is 3. The summed E-state index contributed by atoms with van der Waals surface area (Å²) in [5, 5.41) is 0. The highest BCUT2D eigenvalue weighted by Gasteiger charge is 2.32. The first kappa shape index (κ1) is 18.2. The molecule has 0 spiro atoms. The molecule has 2 aromatic rings. The van der Waals surface area contributed by atoms with E-state index in [1.807, 2.05) is 4.90 Å². The summed E-state index contributed by atoms with van der Waals surface area (Å²) in [5.74, 6) is 0.0782. The van der Waals surface area contributed by atoms with Gasteiger partial charge in [0.05, 0.1) is 12.2 Å². The van der Waals surface area contributed by atoms with E-state index in [9.17, 15) is 18.0 Å². The maximum Gasteiger partial charge on any atom is 0.416 e. The largest absolute Gasteiger partial charge is 0.461 e. The number of aromatic nitrogens is 2. The van der Waals surface area contributed by atoms with Crippen molar-refractivity contribution < 1.29 is 22.7 Å². The van der Waals surface area contributed by atoms with Crippen molar-refractivity contribution in [3.05, 3.63) is 52.5 Å². The monoisotopic (exact) mass is 365 g/mol. The fourth-order valence-electron chi connectivity index (χ4n) is 3.08. The van der Waals surface area contributed by atoms with Gasteiger partial charge in [-0.05, 0) is 43.5 Å². The first-order chi connectivity index (χ1) is 12.3. The number of hydrogen-bond acceptors (Lipinski definition) is 5. The lowest BCUT2D eigenvalue weighted by atomic mass is 9.97. The van der Waals surface area contributed by atoms with Crippen LogP contribution in [-0.2, 0) is 23.9 Å². The fourth-order valence-corrected chi connectivity index (χ4v) is 3.08. The van der Waals surface area contributed by atoms with Gasteiger partial charge < -0.3 is 9.64 Å². The maximum absolute atomic E-state index is 12.9. The minimum absolute atomic E-state index is 0.204. The van der Waals surface area contributed by atoms with Crippen LogP contribution >= 0.6 is 0 Å². The molecule has 0 atom stereocenters. The molecule has 1 aliphatic rings. The predicted molar refractivity (Wildman–Crippen MR) is 88.9 cm³/mol. The second-order valence-corrected chi connectivity index (χ2v) is 6.04. The molecule has 0 unspecified atom stereocenters. The lowest BCUT2D eigenvalue weighted by Gasteiger charge is -2.31. The quantitative estimate of drug-likeness (QED) is 0.779. The molecular formula is C18H18F3N3O2. The number of esters is 1. The number of carbonyl (C=O) groups is 1. The summed E-state index contributed by atoms with van der Waals surface area (Å²) in [6, 6.07) is 3.82. The topological polar surface area (TPSA) is 55.3 Å². The molecule has 26 heavy (non-hydrogen) atoms. The van der Waals surface area contributed by atoms with Crippen molar-refractivity contribution >= 4 is 11.8 Å². The van der Waals surface area contributed by atoms with Gasteiger partial charge in [-0.15, -0.1) is 0 Å². The summed E-state index contributed by atoms with van der Waals surface area (Å²) in [6.45, 7) is 4.63. The number of halogens is 3. The molecule has 1 aromatic heterocycles. The van der Waals surface area contributed by atoms with Gasteiger partial charge in [0.15, 0.2) is 5.69 Å². The molecule has 3 rings (SSSR count). The molecule has 0 fully saturated rings. The van der Waals surface area contributed by atoms with E-state index >= 15 is 0 Å². The number of ether oxygens (including phenoxy) is 1. The standard InChI is InChI=1S/C18H18F3N3O2/c1-3-26-17(25)15-11(2)16(23-10-22-15)24-7-6-12-8-14(18(19,20)21)5-4-13(12)9-24/h4-5,8,10H,3,6-7,9H2,1-2H3. The molecule has 0 aliphatic carbocycles. The molecule has 0 saturated carbocycles. The Morgan fingerprint density at radius 3 is 2.73 bits per heavy atom. The lowest BCUT2D eigenvalue weighted by Crippen LogP contribution is -2.32. The van der Waals surface area contributed by atoms with Crippen LogP contribution in [0.3, 0.4) is 0 Å². The average molecular weight is 365 g/mol. The Balaban J connectivity index is 1.88. The van der Waals surface area contributed by atoms with E-state index in [1.54, 1.807) is 13.8 Å². The van der Waals surface area contributed by atoms with Gasteiger partial charge in [-0.1, -0.05) is 6.07 Å². The summed E-state index contributed by atoms with van der Waals surface area (Å²) in [5.41, 5.74) is 1.68. The van der Waals surface area contributed by atoms with Crippen LogP contribution in [0.5, 0.6) is 0 Å². The molecule has 5 nitrogen and oxygen atoms in total. The Kier molecular flexibility index (Phi) is 4.84. The van der Waals surface area contributed by atoms with Crippen molar-refractivity contribution in [2.45, 2.75) is 33.0 Å². The molecule has 138 valence electrons. The Labute approximate surface area is 148 Å². The van der Waals surface area contributed by atoms with Gasteiger partial charge in [0.2, 0.25) is 0 Å². The van der Waals surface area contributed by atoms with E-state index in [1.165, 1.54) is 18.5 Å². The van der Waals surface area contributed by atoms with Crippen LogP contribution in [0.2, 0.25) is 0 Å². The number of nitrogens with zero attached hydrogens (tertiary/aromatic N) is 3. The summed E-state index contributed by atoms with van der Waals surface area (Å²) in [4.78, 5) is 22.2. The first-order valence-electron chi connectivity index (χ1n) is 8.24. The number of carbonyl (C=O) groups excluding carboxylic acids is 1. The highest BCUT2D eigenvalue weighted by atomic mass is 19.4. The van der Waals surface area contributed by atoms with Gasteiger partial charge in [-0.3, -0.25) is 0 Å². The predicted octanol–water partition coefficient (Wildman–Crippen LogP) is 3.54. The van der Waals surface area contributed by atoms with Crippen LogP contribution in [0.1, 0.15) is 39.7 Å². The highest BCUT2D eigenvalue weighted by molar-refractivity contribution is 5.90. The zero-order chi connectivity index (χ0) is 18.9. The van der Waals surface area contributed by atoms with Gasteiger partial charge in [0, 0.05) is 18.7 Å². The van der Waals surface area contributed by atoms with Crippen LogP contribution in [-0.4, -0.2) is 29.1 Å². The number of hydrogen-bond donors (Lipinski definition) is 0. The smallest absolute Gasteiger partial charge is 0.416 e. The molecule has 1 aliphatic heterocycles. The summed E-state index contributed by atoms with van der Waals surface area (Å²) in [7, 11) is 0. The maximum atomic E-state index is 12.9. The third-order valence-electron chi connectivity index (χ3n) is 4.37. The Bertz CT molecular complexity index is 837. The molecule has 0 radical (unpaired) electrons.